The van der Waals surface area contributed by atoms with Gasteiger partial charge in [-0.2, -0.15) is 0 Å². The molecule has 1 aliphatic rings. The second-order valence-electron chi connectivity index (χ2n) is 7.59. The number of carbonyl (C=O) groups is 3. The number of halogens is 2. The monoisotopic (exact) mass is 522 g/mol. The molecular weight excluding hydrogens is 499 g/mol. The van der Waals surface area contributed by atoms with E-state index >= 15 is 0 Å². The molecule has 186 valence electrons. The average Bonchev–Trinajstić information content (AvgIpc) is 2.79. The Morgan fingerprint density at radius 2 is 1.89 bits per heavy atom. The highest BCUT2D eigenvalue weighted by Gasteiger charge is 2.25. The SMILES string of the molecule is NC(N)=Nc1ccc2c(c1)[C@H](NCC(=O)NC[C@H](NC(=O)c1c(Cl)cccc1Cl)C(=O)O)CCO2. The number of ether oxygens (including phenoxy) is 1. The number of hydrogen-bond acceptors (Lipinski definition) is 6. The number of fused-ring (bicyclic) bond motifs is 1. The molecule has 0 spiro atoms. The number of carboxylic acid groups (broad SMARTS) is 1. The molecule has 11 nitrogen and oxygen atoms in total. The van der Waals surface area contributed by atoms with Gasteiger partial charge in [-0.05, 0) is 30.3 Å². The van der Waals surface area contributed by atoms with Gasteiger partial charge in [0.15, 0.2) is 5.96 Å². The molecule has 0 aromatic heterocycles. The lowest BCUT2D eigenvalue weighted by Crippen LogP contribution is -2.49. The molecule has 3 rings (SSSR count). The highest BCUT2D eigenvalue weighted by Crippen LogP contribution is 2.34. The molecule has 2 atom stereocenters. The second-order valence-corrected chi connectivity index (χ2v) is 8.41. The number of amides is 2. The van der Waals surface area contributed by atoms with Crippen LogP contribution in [0.15, 0.2) is 41.4 Å². The number of aliphatic imine (C=N–C) groups is 1. The summed E-state index contributed by atoms with van der Waals surface area (Å²) in [5.74, 6) is -2.00. The summed E-state index contributed by atoms with van der Waals surface area (Å²) in [5.41, 5.74) is 12.2. The van der Waals surface area contributed by atoms with Crippen LogP contribution in [0.2, 0.25) is 10.0 Å². The highest BCUT2D eigenvalue weighted by molar-refractivity contribution is 6.39. The van der Waals surface area contributed by atoms with Crippen molar-refractivity contribution in [2.45, 2.75) is 18.5 Å². The Hall–Kier alpha value is -3.54. The lowest BCUT2D eigenvalue weighted by molar-refractivity contribution is -0.139. The van der Waals surface area contributed by atoms with Crippen LogP contribution in [0.3, 0.4) is 0 Å². The lowest BCUT2D eigenvalue weighted by atomic mass is 10.00. The van der Waals surface area contributed by atoms with Gasteiger partial charge in [-0.25, -0.2) is 9.79 Å². The molecule has 0 saturated carbocycles. The van der Waals surface area contributed by atoms with Gasteiger partial charge in [-0.1, -0.05) is 29.3 Å². The first-order chi connectivity index (χ1) is 16.7. The van der Waals surface area contributed by atoms with E-state index in [1.165, 1.54) is 12.1 Å². The Balaban J connectivity index is 1.57. The summed E-state index contributed by atoms with van der Waals surface area (Å²) in [6.07, 6.45) is 0.595. The van der Waals surface area contributed by atoms with Gasteiger partial charge < -0.3 is 37.3 Å². The number of benzene rings is 2. The third-order valence-electron chi connectivity index (χ3n) is 5.10. The number of nitrogens with one attached hydrogen (secondary N) is 3. The normalized spacial score (nSPS) is 15.2. The highest BCUT2D eigenvalue weighted by atomic mass is 35.5. The van der Waals surface area contributed by atoms with Crippen molar-refractivity contribution in [1.29, 1.82) is 0 Å². The first-order valence-electron chi connectivity index (χ1n) is 10.5. The number of carbonyl (C=O) groups excluding carboxylic acids is 2. The van der Waals surface area contributed by atoms with Crippen LogP contribution < -0.4 is 32.2 Å². The molecule has 0 unspecified atom stereocenters. The molecule has 0 aliphatic carbocycles. The molecular formula is C22H24Cl2N6O5. The Kier molecular flexibility index (Phi) is 8.74. The average molecular weight is 523 g/mol. The second kappa shape index (κ2) is 11.7. The van der Waals surface area contributed by atoms with Crippen molar-refractivity contribution in [1.82, 2.24) is 16.0 Å². The predicted molar refractivity (Wildman–Crippen MR) is 131 cm³/mol. The molecule has 0 radical (unpaired) electrons. The molecule has 35 heavy (non-hydrogen) atoms. The fourth-order valence-corrected chi connectivity index (χ4v) is 4.02. The van der Waals surface area contributed by atoms with Gasteiger partial charge in [0.25, 0.3) is 5.91 Å². The first kappa shape index (κ1) is 26.1. The quantitative estimate of drug-likeness (QED) is 0.210. The minimum absolute atomic E-state index is 0.0478. The predicted octanol–water partition coefficient (Wildman–Crippen LogP) is 1.31. The van der Waals surface area contributed by atoms with Crippen molar-refractivity contribution in [3.05, 3.63) is 57.6 Å². The third kappa shape index (κ3) is 6.98. The topological polar surface area (TPSA) is 181 Å². The third-order valence-corrected chi connectivity index (χ3v) is 5.73. The Morgan fingerprint density at radius 1 is 1.17 bits per heavy atom. The Morgan fingerprint density at radius 3 is 2.54 bits per heavy atom. The molecule has 2 aromatic rings. The Labute approximate surface area is 210 Å². The zero-order valence-electron chi connectivity index (χ0n) is 18.4. The van der Waals surface area contributed by atoms with Crippen LogP contribution in [0.25, 0.3) is 0 Å². The van der Waals surface area contributed by atoms with Gasteiger partial charge in [0.05, 0.1) is 34.4 Å². The van der Waals surface area contributed by atoms with Crippen molar-refractivity contribution in [3.8, 4) is 5.75 Å². The summed E-state index contributed by atoms with van der Waals surface area (Å²) in [6, 6.07) is 8.09. The summed E-state index contributed by atoms with van der Waals surface area (Å²) in [5, 5.41) is 17.6. The molecule has 0 bridgehead atoms. The number of nitrogens with two attached hydrogens (primary N) is 2. The first-order valence-corrected chi connectivity index (χ1v) is 11.3. The van der Waals surface area contributed by atoms with Crippen LogP contribution >= 0.6 is 23.2 Å². The van der Waals surface area contributed by atoms with Gasteiger partial charge in [-0.15, -0.1) is 0 Å². The van der Waals surface area contributed by atoms with Crippen molar-refractivity contribution in [2.24, 2.45) is 16.5 Å². The number of nitrogens with zero attached hydrogens (tertiary/aromatic N) is 1. The van der Waals surface area contributed by atoms with Crippen molar-refractivity contribution in [2.75, 3.05) is 19.7 Å². The summed E-state index contributed by atoms with van der Waals surface area (Å²) in [7, 11) is 0. The summed E-state index contributed by atoms with van der Waals surface area (Å²) >= 11 is 12.0. The van der Waals surface area contributed by atoms with E-state index < -0.39 is 23.8 Å². The van der Waals surface area contributed by atoms with E-state index in [1.807, 2.05) is 0 Å². The molecule has 2 aromatic carbocycles. The molecule has 2 amide bonds. The lowest BCUT2D eigenvalue weighted by Gasteiger charge is -2.27. The van der Waals surface area contributed by atoms with Crippen LogP contribution in [0, 0.1) is 0 Å². The summed E-state index contributed by atoms with van der Waals surface area (Å²) in [6.45, 7) is 0.00156. The van der Waals surface area contributed by atoms with E-state index in [0.717, 1.165) is 5.56 Å². The summed E-state index contributed by atoms with van der Waals surface area (Å²) < 4.78 is 5.64. The van der Waals surface area contributed by atoms with E-state index in [-0.39, 0.29) is 40.7 Å². The van der Waals surface area contributed by atoms with Crippen LogP contribution in [0.5, 0.6) is 5.75 Å². The zero-order valence-corrected chi connectivity index (χ0v) is 19.9. The zero-order chi connectivity index (χ0) is 25.5. The standard InChI is InChI=1S/C22H24Cl2N6O5/c23-13-2-1-3-14(24)19(13)20(32)30-16(21(33)34)9-28-18(31)10-27-15-6-7-35-17-5-4-11(8-12(15)17)29-22(25)26/h1-5,8,15-16,27H,6-7,9-10H2,(H,28,31)(H,30,32)(H,33,34)(H4,25,26,29)/t15-,16+/m1/s1. The number of aliphatic carboxylic acids is 1. The number of carboxylic acids is 1. The molecule has 0 saturated heterocycles. The molecule has 13 heteroatoms. The van der Waals surface area contributed by atoms with Gasteiger partial charge >= 0.3 is 5.97 Å². The smallest absolute Gasteiger partial charge is 0.328 e. The van der Waals surface area contributed by atoms with Crippen LogP contribution in [-0.2, 0) is 9.59 Å². The van der Waals surface area contributed by atoms with Crippen molar-refractivity contribution >= 4 is 52.6 Å². The number of hydrogen-bond donors (Lipinski definition) is 6. The van der Waals surface area contributed by atoms with E-state index in [2.05, 4.69) is 20.9 Å². The van der Waals surface area contributed by atoms with Gasteiger partial charge in [-0.3, -0.25) is 9.59 Å². The molecule has 1 aliphatic heterocycles. The molecule has 8 N–H and O–H groups in total. The van der Waals surface area contributed by atoms with Crippen molar-refractivity contribution in [3.63, 3.8) is 0 Å². The van der Waals surface area contributed by atoms with Gasteiger partial charge in [0.1, 0.15) is 11.8 Å². The number of rotatable bonds is 9. The van der Waals surface area contributed by atoms with Gasteiger partial charge in [0.2, 0.25) is 5.91 Å². The van der Waals surface area contributed by atoms with E-state index in [4.69, 9.17) is 39.4 Å². The fourth-order valence-electron chi connectivity index (χ4n) is 3.45. The summed E-state index contributed by atoms with van der Waals surface area (Å²) in [4.78, 5) is 40.5. The van der Waals surface area contributed by atoms with Crippen LogP contribution in [0.4, 0.5) is 5.69 Å². The maximum atomic E-state index is 12.5. The minimum Gasteiger partial charge on any atom is -0.493 e. The van der Waals surface area contributed by atoms with Crippen molar-refractivity contribution < 1.29 is 24.2 Å². The molecule has 1 heterocycles. The molecule has 0 fully saturated rings. The minimum atomic E-state index is -1.40. The van der Waals surface area contributed by atoms with Crippen LogP contribution in [-0.4, -0.2) is 54.6 Å². The van der Waals surface area contributed by atoms with E-state index in [0.29, 0.717) is 24.5 Å². The largest absolute Gasteiger partial charge is 0.493 e. The fraction of sp³-hybridized carbons (Fsp3) is 0.273. The number of guanidine groups is 1. The van der Waals surface area contributed by atoms with E-state index in [9.17, 15) is 19.5 Å². The Bertz CT molecular complexity index is 1130. The van der Waals surface area contributed by atoms with Gasteiger partial charge in [0, 0.05) is 24.6 Å². The van der Waals surface area contributed by atoms with E-state index in [1.54, 1.807) is 24.3 Å². The maximum Gasteiger partial charge on any atom is 0.328 e. The van der Waals surface area contributed by atoms with Crippen LogP contribution in [0.1, 0.15) is 28.4 Å². The maximum absolute atomic E-state index is 12.5.